The van der Waals surface area contributed by atoms with Gasteiger partial charge in [-0.3, -0.25) is 0 Å². The number of amides is 2. The highest BCUT2D eigenvalue weighted by molar-refractivity contribution is 5.85. The first-order chi connectivity index (χ1) is 8.25. The Morgan fingerprint density at radius 2 is 2.17 bits per heavy atom. The molecule has 0 aliphatic heterocycles. The summed E-state index contributed by atoms with van der Waals surface area (Å²) < 4.78 is 4.85. The van der Waals surface area contributed by atoms with E-state index >= 15 is 0 Å². The second kappa shape index (κ2) is 5.07. The van der Waals surface area contributed by atoms with Crippen molar-refractivity contribution in [2.24, 2.45) is 0 Å². The van der Waals surface area contributed by atoms with Gasteiger partial charge in [0.2, 0.25) is 0 Å². The molecule has 0 aliphatic carbocycles. The minimum Gasteiger partial charge on any atom is -0.480 e. The van der Waals surface area contributed by atoms with E-state index in [0.717, 1.165) is 4.90 Å². The van der Waals surface area contributed by atoms with Crippen LogP contribution in [0.3, 0.4) is 0 Å². The van der Waals surface area contributed by atoms with Crippen molar-refractivity contribution in [2.75, 3.05) is 7.05 Å². The van der Waals surface area contributed by atoms with E-state index < -0.39 is 17.5 Å². The van der Waals surface area contributed by atoms with Crippen molar-refractivity contribution >= 4 is 12.0 Å². The van der Waals surface area contributed by atoms with E-state index in [-0.39, 0.29) is 6.54 Å². The summed E-state index contributed by atoms with van der Waals surface area (Å²) in [4.78, 5) is 23.9. The number of carboxylic acid groups (broad SMARTS) is 1. The first kappa shape index (κ1) is 14.0. The Morgan fingerprint density at radius 1 is 1.56 bits per heavy atom. The minimum atomic E-state index is -1.27. The molecule has 0 spiro atoms. The molecule has 0 aliphatic rings. The van der Waals surface area contributed by atoms with E-state index in [1.807, 2.05) is 0 Å². The van der Waals surface area contributed by atoms with Gasteiger partial charge in [-0.1, -0.05) is 5.16 Å². The number of likely N-dealkylation sites (N-methyl/N-ethyl adjacent to an activating group) is 1. The Labute approximate surface area is 105 Å². The van der Waals surface area contributed by atoms with Gasteiger partial charge in [0.15, 0.2) is 0 Å². The predicted molar refractivity (Wildman–Crippen MR) is 63.0 cm³/mol. The molecule has 0 aromatic carbocycles. The van der Waals surface area contributed by atoms with Gasteiger partial charge in [0.25, 0.3) is 0 Å². The largest absolute Gasteiger partial charge is 0.480 e. The highest BCUT2D eigenvalue weighted by atomic mass is 16.5. The molecule has 0 fully saturated rings. The summed E-state index contributed by atoms with van der Waals surface area (Å²) in [6, 6.07) is 1.21. The fraction of sp³-hybridized carbons (Fsp3) is 0.545. The number of aryl methyl sites for hydroxylation is 1. The Kier molecular flexibility index (Phi) is 3.95. The summed E-state index contributed by atoms with van der Waals surface area (Å²) >= 11 is 0. The number of nitrogens with zero attached hydrogens (tertiary/aromatic N) is 2. The Hall–Kier alpha value is -2.05. The molecule has 7 nitrogen and oxygen atoms in total. The first-order valence-electron chi connectivity index (χ1n) is 5.42. The van der Waals surface area contributed by atoms with Crippen LogP contribution in [-0.2, 0) is 11.3 Å². The summed E-state index contributed by atoms with van der Waals surface area (Å²) in [6.45, 7) is 4.85. The van der Waals surface area contributed by atoms with Crippen molar-refractivity contribution in [2.45, 2.75) is 32.9 Å². The highest BCUT2D eigenvalue weighted by Gasteiger charge is 2.35. The number of carbonyl (C=O) groups excluding carboxylic acids is 1. The average Bonchev–Trinajstić information content (AvgIpc) is 2.70. The molecule has 0 saturated carbocycles. The summed E-state index contributed by atoms with van der Waals surface area (Å²) in [5, 5.41) is 15.3. The molecule has 1 aromatic heterocycles. The smallest absolute Gasteiger partial charge is 0.329 e. The number of nitrogens with one attached hydrogen (secondary N) is 1. The number of hydrogen-bond donors (Lipinski definition) is 2. The second-order valence-corrected chi connectivity index (χ2v) is 4.51. The molecule has 1 aromatic rings. The van der Waals surface area contributed by atoms with Crippen LogP contribution in [0.2, 0.25) is 0 Å². The summed E-state index contributed by atoms with van der Waals surface area (Å²) in [5.41, 5.74) is -0.688. The van der Waals surface area contributed by atoms with E-state index in [1.54, 1.807) is 13.0 Å². The Balaban J connectivity index is 2.58. The summed E-state index contributed by atoms with van der Waals surface area (Å²) in [6.07, 6.45) is 0. The molecule has 0 bridgehead atoms. The maximum Gasteiger partial charge on any atom is 0.329 e. The minimum absolute atomic E-state index is 0.191. The Bertz CT molecular complexity index is 453. The molecule has 2 N–H and O–H groups in total. The van der Waals surface area contributed by atoms with Gasteiger partial charge < -0.3 is 19.8 Å². The lowest BCUT2D eigenvalue weighted by atomic mass is 10.1. The average molecular weight is 255 g/mol. The number of aromatic nitrogens is 1. The maximum atomic E-state index is 11.8. The number of aliphatic carboxylic acids is 1. The molecule has 1 heterocycles. The molecule has 2 amide bonds. The zero-order chi connectivity index (χ0) is 13.9. The lowest BCUT2D eigenvalue weighted by Crippen LogP contribution is -2.53. The van der Waals surface area contributed by atoms with Gasteiger partial charge in [-0.15, -0.1) is 0 Å². The number of carbonyl (C=O) groups is 2. The van der Waals surface area contributed by atoms with Crippen LogP contribution >= 0.6 is 0 Å². The third-order valence-corrected chi connectivity index (χ3v) is 2.76. The van der Waals surface area contributed by atoms with Crippen LogP contribution in [0, 0.1) is 6.92 Å². The van der Waals surface area contributed by atoms with E-state index in [0.29, 0.717) is 11.5 Å². The quantitative estimate of drug-likeness (QED) is 0.836. The fourth-order valence-corrected chi connectivity index (χ4v) is 1.18. The first-order valence-corrected chi connectivity index (χ1v) is 5.42. The van der Waals surface area contributed by atoms with Gasteiger partial charge in [-0.25, -0.2) is 9.59 Å². The van der Waals surface area contributed by atoms with E-state index in [1.165, 1.54) is 20.9 Å². The fourth-order valence-electron chi connectivity index (χ4n) is 1.18. The van der Waals surface area contributed by atoms with Gasteiger partial charge in [-0.05, 0) is 20.8 Å². The van der Waals surface area contributed by atoms with Gasteiger partial charge in [0, 0.05) is 13.1 Å². The monoisotopic (exact) mass is 255 g/mol. The third kappa shape index (κ3) is 2.99. The molecular weight excluding hydrogens is 238 g/mol. The van der Waals surface area contributed by atoms with Crippen LogP contribution in [0.25, 0.3) is 0 Å². The molecule has 18 heavy (non-hydrogen) atoms. The van der Waals surface area contributed by atoms with E-state index in [2.05, 4.69) is 10.5 Å². The molecule has 0 saturated heterocycles. The van der Waals surface area contributed by atoms with Crippen LogP contribution in [0.15, 0.2) is 10.6 Å². The lowest BCUT2D eigenvalue weighted by molar-refractivity contribution is -0.146. The van der Waals surface area contributed by atoms with Crippen molar-refractivity contribution in [1.29, 1.82) is 0 Å². The SMILES string of the molecule is Cc1cc(CNC(=O)N(C)C(C)(C)C(=O)O)no1. The topological polar surface area (TPSA) is 95.7 Å². The number of carboxylic acids is 1. The standard InChI is InChI=1S/C11H17N3O4/c1-7-5-8(13-18-7)6-12-10(17)14(4)11(2,3)9(15)16/h5H,6H2,1-4H3,(H,12,17)(H,15,16). The highest BCUT2D eigenvalue weighted by Crippen LogP contribution is 2.12. The van der Waals surface area contributed by atoms with Gasteiger partial charge in [0.1, 0.15) is 17.0 Å². The number of urea groups is 1. The van der Waals surface area contributed by atoms with Crippen LogP contribution < -0.4 is 5.32 Å². The van der Waals surface area contributed by atoms with Crippen molar-refractivity contribution in [3.8, 4) is 0 Å². The molecular formula is C11H17N3O4. The van der Waals surface area contributed by atoms with E-state index in [9.17, 15) is 9.59 Å². The predicted octanol–water partition coefficient (Wildman–Crippen LogP) is 0.988. The molecule has 100 valence electrons. The van der Waals surface area contributed by atoms with Crippen molar-refractivity contribution < 1.29 is 19.2 Å². The second-order valence-electron chi connectivity index (χ2n) is 4.51. The van der Waals surface area contributed by atoms with Crippen molar-refractivity contribution in [1.82, 2.24) is 15.4 Å². The normalized spacial score (nSPS) is 11.1. The van der Waals surface area contributed by atoms with Gasteiger partial charge in [0.05, 0.1) is 6.54 Å². The lowest BCUT2D eigenvalue weighted by Gasteiger charge is -2.31. The molecule has 7 heteroatoms. The zero-order valence-corrected chi connectivity index (χ0v) is 10.9. The molecule has 0 radical (unpaired) electrons. The van der Waals surface area contributed by atoms with Crippen LogP contribution in [-0.4, -0.2) is 39.8 Å². The van der Waals surface area contributed by atoms with Gasteiger partial charge in [-0.2, -0.15) is 0 Å². The maximum absolute atomic E-state index is 11.8. The number of rotatable bonds is 4. The van der Waals surface area contributed by atoms with Crippen molar-refractivity contribution in [3.05, 3.63) is 17.5 Å². The van der Waals surface area contributed by atoms with Crippen LogP contribution in [0.1, 0.15) is 25.3 Å². The van der Waals surface area contributed by atoms with Gasteiger partial charge >= 0.3 is 12.0 Å². The van der Waals surface area contributed by atoms with Crippen molar-refractivity contribution in [3.63, 3.8) is 0 Å². The summed E-state index contributed by atoms with van der Waals surface area (Å²) in [5.74, 6) is -0.420. The molecule has 0 atom stereocenters. The van der Waals surface area contributed by atoms with Crippen LogP contribution in [0.5, 0.6) is 0 Å². The molecule has 1 rings (SSSR count). The third-order valence-electron chi connectivity index (χ3n) is 2.76. The number of hydrogen-bond acceptors (Lipinski definition) is 4. The Morgan fingerprint density at radius 3 is 2.61 bits per heavy atom. The van der Waals surface area contributed by atoms with Crippen LogP contribution in [0.4, 0.5) is 4.79 Å². The summed E-state index contributed by atoms with van der Waals surface area (Å²) in [7, 11) is 1.43. The van der Waals surface area contributed by atoms with E-state index in [4.69, 9.17) is 9.63 Å². The molecule has 0 unspecified atom stereocenters. The zero-order valence-electron chi connectivity index (χ0n) is 10.9.